The van der Waals surface area contributed by atoms with Crippen LogP contribution >= 0.6 is 11.6 Å². The van der Waals surface area contributed by atoms with Gasteiger partial charge in [0.25, 0.3) is 5.91 Å². The summed E-state index contributed by atoms with van der Waals surface area (Å²) < 4.78 is 32.7. The number of halogens is 3. The van der Waals surface area contributed by atoms with E-state index in [2.05, 4.69) is 5.32 Å². The Kier molecular flexibility index (Phi) is 3.86. The maximum atomic E-state index is 13.7. The molecule has 1 saturated carbocycles. The zero-order valence-corrected chi connectivity index (χ0v) is 11.9. The Morgan fingerprint density at radius 2 is 2.14 bits per heavy atom. The van der Waals surface area contributed by atoms with Crippen LogP contribution in [0, 0.1) is 17.6 Å². The average Bonchev–Trinajstić information content (AvgIpc) is 2.47. The van der Waals surface area contributed by atoms with Gasteiger partial charge in [0.15, 0.2) is 0 Å². The molecule has 2 aliphatic rings. The largest absolute Gasteiger partial charge is 0.376 e. The number of nitrogens with one attached hydrogen (secondary N) is 1. The molecule has 1 saturated heterocycles. The quantitative estimate of drug-likeness (QED) is 0.819. The van der Waals surface area contributed by atoms with Gasteiger partial charge in [-0.15, -0.1) is 0 Å². The van der Waals surface area contributed by atoms with Crippen molar-refractivity contribution < 1.29 is 18.3 Å². The highest BCUT2D eigenvalue weighted by Gasteiger charge is 2.51. The standard InChI is InChI=1S/C14H15ClF2N2O2/c15-8-5-9(16)7(4-10(8)17)14(20)19-12-11(18)6-2-1-3-21-13(6)12/h4-6,11-13H,1-3,18H2,(H,19,20). The van der Waals surface area contributed by atoms with Crippen LogP contribution in [0.3, 0.4) is 0 Å². The molecule has 0 bridgehead atoms. The lowest BCUT2D eigenvalue weighted by Crippen LogP contribution is -2.72. The smallest absolute Gasteiger partial charge is 0.254 e. The molecule has 0 spiro atoms. The zero-order valence-electron chi connectivity index (χ0n) is 11.1. The lowest BCUT2D eigenvalue weighted by molar-refractivity contribution is -0.117. The van der Waals surface area contributed by atoms with Gasteiger partial charge in [-0.1, -0.05) is 11.6 Å². The molecule has 1 aromatic carbocycles. The molecule has 0 aromatic heterocycles. The highest BCUT2D eigenvalue weighted by molar-refractivity contribution is 6.30. The Labute approximate surface area is 125 Å². The van der Waals surface area contributed by atoms with E-state index in [1.807, 2.05) is 0 Å². The van der Waals surface area contributed by atoms with Gasteiger partial charge in [0, 0.05) is 18.6 Å². The number of ether oxygens (including phenoxy) is 1. The monoisotopic (exact) mass is 316 g/mol. The summed E-state index contributed by atoms with van der Waals surface area (Å²) in [6.07, 6.45) is 1.77. The molecule has 4 nitrogen and oxygen atoms in total. The molecule has 0 radical (unpaired) electrons. The Morgan fingerprint density at radius 3 is 2.90 bits per heavy atom. The minimum atomic E-state index is -0.868. The molecule has 114 valence electrons. The lowest BCUT2D eigenvalue weighted by Gasteiger charge is -2.52. The van der Waals surface area contributed by atoms with Gasteiger partial charge in [0.05, 0.1) is 22.7 Å². The molecule has 1 amide bonds. The first-order valence-corrected chi connectivity index (χ1v) is 7.19. The van der Waals surface area contributed by atoms with Gasteiger partial charge in [-0.05, 0) is 25.0 Å². The fourth-order valence-electron chi connectivity index (χ4n) is 3.05. The molecule has 4 atom stereocenters. The molecule has 3 N–H and O–H groups in total. The van der Waals surface area contributed by atoms with Crippen LogP contribution in [-0.2, 0) is 4.74 Å². The first-order chi connectivity index (χ1) is 9.99. The van der Waals surface area contributed by atoms with Gasteiger partial charge in [0.1, 0.15) is 11.6 Å². The van der Waals surface area contributed by atoms with E-state index in [0.29, 0.717) is 6.61 Å². The van der Waals surface area contributed by atoms with Crippen LogP contribution in [-0.4, -0.2) is 30.7 Å². The predicted molar refractivity (Wildman–Crippen MR) is 73.1 cm³/mol. The van der Waals surface area contributed by atoms with E-state index < -0.39 is 17.5 Å². The molecule has 7 heteroatoms. The Bertz CT molecular complexity index is 584. The van der Waals surface area contributed by atoms with Crippen molar-refractivity contribution in [2.75, 3.05) is 6.61 Å². The SMILES string of the molecule is NC1C2CCCOC2C1NC(=O)c1cc(F)c(Cl)cc1F. The second kappa shape index (κ2) is 5.51. The van der Waals surface area contributed by atoms with E-state index >= 15 is 0 Å². The minimum Gasteiger partial charge on any atom is -0.376 e. The molecule has 1 aromatic rings. The fourth-order valence-corrected chi connectivity index (χ4v) is 3.20. The number of benzene rings is 1. The van der Waals surface area contributed by atoms with Crippen LogP contribution in [0.5, 0.6) is 0 Å². The summed E-state index contributed by atoms with van der Waals surface area (Å²) in [6.45, 7) is 0.629. The fraction of sp³-hybridized carbons (Fsp3) is 0.500. The maximum absolute atomic E-state index is 13.7. The van der Waals surface area contributed by atoms with Gasteiger partial charge in [-0.2, -0.15) is 0 Å². The first kappa shape index (κ1) is 14.7. The van der Waals surface area contributed by atoms with E-state index in [1.54, 1.807) is 0 Å². The maximum Gasteiger partial charge on any atom is 0.254 e. The third-order valence-electron chi connectivity index (χ3n) is 4.23. The van der Waals surface area contributed by atoms with E-state index in [9.17, 15) is 13.6 Å². The number of carbonyl (C=O) groups excluding carboxylic acids is 1. The van der Waals surface area contributed by atoms with Crippen molar-refractivity contribution in [2.24, 2.45) is 11.7 Å². The van der Waals surface area contributed by atoms with Crippen molar-refractivity contribution in [1.82, 2.24) is 5.32 Å². The Hall–Kier alpha value is -1.24. The minimum absolute atomic E-state index is 0.141. The van der Waals surface area contributed by atoms with Gasteiger partial charge in [-0.25, -0.2) is 8.78 Å². The second-order valence-corrected chi connectivity index (χ2v) is 5.87. The molecule has 2 fully saturated rings. The summed E-state index contributed by atoms with van der Waals surface area (Å²) in [5.41, 5.74) is 5.63. The summed E-state index contributed by atoms with van der Waals surface area (Å²) in [4.78, 5) is 12.1. The lowest BCUT2D eigenvalue weighted by atomic mass is 9.68. The van der Waals surface area contributed by atoms with Crippen molar-refractivity contribution in [2.45, 2.75) is 31.0 Å². The number of nitrogens with two attached hydrogens (primary N) is 1. The van der Waals surface area contributed by atoms with E-state index in [-0.39, 0.29) is 34.7 Å². The van der Waals surface area contributed by atoms with E-state index in [4.69, 9.17) is 22.1 Å². The molecule has 1 heterocycles. The third-order valence-corrected chi connectivity index (χ3v) is 4.52. The van der Waals surface area contributed by atoms with E-state index in [1.165, 1.54) is 0 Å². The molecule has 1 aliphatic heterocycles. The van der Waals surface area contributed by atoms with Crippen molar-refractivity contribution in [3.63, 3.8) is 0 Å². The third kappa shape index (κ3) is 2.52. The highest BCUT2D eigenvalue weighted by atomic mass is 35.5. The zero-order chi connectivity index (χ0) is 15.1. The predicted octanol–water partition coefficient (Wildman–Crippen LogP) is 1.85. The molecule has 21 heavy (non-hydrogen) atoms. The summed E-state index contributed by atoms with van der Waals surface area (Å²) >= 11 is 5.46. The normalized spacial score (nSPS) is 31.2. The van der Waals surface area contributed by atoms with Crippen LogP contribution in [0.15, 0.2) is 12.1 Å². The number of rotatable bonds is 2. The van der Waals surface area contributed by atoms with Crippen molar-refractivity contribution >= 4 is 17.5 Å². The van der Waals surface area contributed by atoms with Gasteiger partial charge in [0.2, 0.25) is 0 Å². The number of fused-ring (bicyclic) bond motifs is 1. The molecular weight excluding hydrogens is 302 g/mol. The Balaban J connectivity index is 1.74. The van der Waals surface area contributed by atoms with Gasteiger partial charge >= 0.3 is 0 Å². The number of hydrogen-bond acceptors (Lipinski definition) is 3. The summed E-state index contributed by atoms with van der Waals surface area (Å²) in [5.74, 6) is -2.20. The molecule has 3 rings (SSSR count). The van der Waals surface area contributed by atoms with E-state index in [0.717, 1.165) is 25.0 Å². The van der Waals surface area contributed by atoms with Gasteiger partial charge in [-0.3, -0.25) is 4.79 Å². The van der Waals surface area contributed by atoms with Crippen LogP contribution < -0.4 is 11.1 Å². The first-order valence-electron chi connectivity index (χ1n) is 6.81. The number of hydrogen-bond donors (Lipinski definition) is 2. The topological polar surface area (TPSA) is 64.3 Å². The molecular formula is C14H15ClF2N2O2. The second-order valence-electron chi connectivity index (χ2n) is 5.46. The van der Waals surface area contributed by atoms with Crippen molar-refractivity contribution in [3.05, 3.63) is 34.4 Å². The van der Waals surface area contributed by atoms with Crippen LogP contribution in [0.4, 0.5) is 8.78 Å². The van der Waals surface area contributed by atoms with Gasteiger partial charge < -0.3 is 15.8 Å². The van der Waals surface area contributed by atoms with Crippen molar-refractivity contribution in [3.8, 4) is 0 Å². The number of carbonyl (C=O) groups is 1. The van der Waals surface area contributed by atoms with Crippen LogP contribution in [0.1, 0.15) is 23.2 Å². The van der Waals surface area contributed by atoms with Crippen LogP contribution in [0.25, 0.3) is 0 Å². The summed E-state index contributed by atoms with van der Waals surface area (Å²) in [5, 5.41) is 2.27. The van der Waals surface area contributed by atoms with Crippen LogP contribution in [0.2, 0.25) is 5.02 Å². The number of amides is 1. The van der Waals surface area contributed by atoms with Crippen molar-refractivity contribution in [1.29, 1.82) is 0 Å². The molecule has 1 aliphatic carbocycles. The Morgan fingerprint density at radius 1 is 1.38 bits per heavy atom. The molecule has 4 unspecified atom stereocenters. The summed E-state index contributed by atoms with van der Waals surface area (Å²) in [7, 11) is 0. The highest BCUT2D eigenvalue weighted by Crippen LogP contribution is 2.37. The summed E-state index contributed by atoms with van der Waals surface area (Å²) in [6, 6.07) is 0.975. The average molecular weight is 317 g/mol.